The lowest BCUT2D eigenvalue weighted by atomic mass is 9.99. The molecule has 0 fully saturated rings. The number of hydrogen-bond acceptors (Lipinski definition) is 13. The first-order valence-corrected chi connectivity index (χ1v) is 23.9. The summed E-state index contributed by atoms with van der Waals surface area (Å²) in [4.78, 5) is 8.93. The first kappa shape index (κ1) is 42.3. The third-order valence-corrected chi connectivity index (χ3v) is 14.8. The van der Waals surface area contributed by atoms with Gasteiger partial charge in [0.2, 0.25) is 17.1 Å². The van der Waals surface area contributed by atoms with Gasteiger partial charge >= 0.3 is 0 Å². The van der Waals surface area contributed by atoms with Gasteiger partial charge in [-0.25, -0.2) is 18.6 Å². The Morgan fingerprint density at radius 1 is 0.677 bits per heavy atom. The zero-order valence-corrected chi connectivity index (χ0v) is 38.0. The molecule has 4 N–H and O–H groups in total. The van der Waals surface area contributed by atoms with Crippen molar-refractivity contribution in [2.24, 2.45) is 0 Å². The number of aromatic nitrogens is 10. The highest BCUT2D eigenvalue weighted by molar-refractivity contribution is 7.99. The van der Waals surface area contributed by atoms with Crippen molar-refractivity contribution in [3.8, 4) is 0 Å². The first-order chi connectivity index (χ1) is 29.8. The number of anilines is 4. The van der Waals surface area contributed by atoms with E-state index in [9.17, 15) is 8.42 Å². The minimum absolute atomic E-state index is 0.0754. The quantitative estimate of drug-likeness (QED) is 0.0853. The van der Waals surface area contributed by atoms with Crippen molar-refractivity contribution in [3.63, 3.8) is 0 Å². The molecule has 0 amide bonds. The maximum absolute atomic E-state index is 13.1. The lowest BCUT2D eigenvalue weighted by molar-refractivity contribution is 0.00488. The summed E-state index contributed by atoms with van der Waals surface area (Å²) in [7, 11) is -0.583. The van der Waals surface area contributed by atoms with Crippen LogP contribution in [0, 0.1) is 0 Å². The zero-order valence-electron chi connectivity index (χ0n) is 36.4. The fraction of sp³-hybridized carbons (Fsp3) is 0.500. The number of rotatable bonds is 14. The van der Waals surface area contributed by atoms with Crippen molar-refractivity contribution >= 4 is 44.9 Å². The SMILES string of the molecule is COC(C)(C)Cn1ccc(S(=O)(=O)c2nc(Nc3c4c(cc5c3CCC5)CCC4)n[nH]2)n1.COC(C)(C)Cn1ccc(Sc2n[nH]c(Nc3c4c(cc5c3CCC5)CCC4)n2)n1. The highest BCUT2D eigenvalue weighted by atomic mass is 32.2. The largest absolute Gasteiger partial charge is 0.377 e. The molecule has 328 valence electrons. The molecule has 10 rings (SSSR count). The number of aryl methyl sites for hydroxylation is 4. The molecule has 62 heavy (non-hydrogen) atoms. The maximum atomic E-state index is 13.1. The van der Waals surface area contributed by atoms with Gasteiger partial charge in [0, 0.05) is 38.0 Å². The Kier molecular flexibility index (Phi) is 11.5. The van der Waals surface area contributed by atoms with E-state index in [0.717, 1.165) is 62.1 Å². The number of aromatic amines is 2. The third kappa shape index (κ3) is 8.79. The Morgan fingerprint density at radius 3 is 1.74 bits per heavy atom. The molecule has 0 radical (unpaired) electrons. The van der Waals surface area contributed by atoms with Crippen LogP contribution < -0.4 is 10.6 Å². The van der Waals surface area contributed by atoms with Gasteiger partial charge in [0.15, 0.2) is 5.03 Å². The Balaban J connectivity index is 0.000000158. The summed E-state index contributed by atoms with van der Waals surface area (Å²) in [6, 6.07) is 8.24. The molecular weight excluding hydrogens is 825 g/mol. The average molecular weight is 881 g/mol. The Bertz CT molecular complexity index is 2650. The van der Waals surface area contributed by atoms with E-state index in [4.69, 9.17) is 9.47 Å². The second-order valence-corrected chi connectivity index (χ2v) is 20.7. The van der Waals surface area contributed by atoms with E-state index in [1.807, 2.05) is 44.6 Å². The molecule has 4 heterocycles. The lowest BCUT2D eigenvalue weighted by Crippen LogP contribution is -2.29. The van der Waals surface area contributed by atoms with Crippen LogP contribution in [0.1, 0.15) is 97.9 Å². The fourth-order valence-electron chi connectivity index (χ4n) is 9.10. The second-order valence-electron chi connectivity index (χ2n) is 17.9. The molecule has 0 spiro atoms. The summed E-state index contributed by atoms with van der Waals surface area (Å²) in [6.07, 6.45) is 17.3. The van der Waals surface area contributed by atoms with Gasteiger partial charge < -0.3 is 20.1 Å². The Hall–Kier alpha value is -5.04. The minimum atomic E-state index is -3.92. The zero-order chi connectivity index (χ0) is 43.2. The molecule has 0 atom stereocenters. The summed E-state index contributed by atoms with van der Waals surface area (Å²) in [6.45, 7) is 9.03. The molecule has 4 aliphatic rings. The van der Waals surface area contributed by atoms with Gasteiger partial charge in [0.1, 0.15) is 5.03 Å². The average Bonchev–Trinajstić information content (AvgIpc) is 4.07. The maximum Gasteiger partial charge on any atom is 0.260 e. The van der Waals surface area contributed by atoms with Gasteiger partial charge in [0.25, 0.3) is 15.0 Å². The summed E-state index contributed by atoms with van der Waals surface area (Å²) in [5, 5.41) is 31.2. The number of methoxy groups -OCH3 is 2. The Labute approximate surface area is 366 Å². The normalized spacial score (nSPS) is 15.6. The van der Waals surface area contributed by atoms with E-state index >= 15 is 0 Å². The highest BCUT2D eigenvalue weighted by Gasteiger charge is 2.30. The molecule has 16 nitrogen and oxygen atoms in total. The van der Waals surface area contributed by atoms with Crippen molar-refractivity contribution in [2.75, 3.05) is 24.9 Å². The first-order valence-electron chi connectivity index (χ1n) is 21.6. The van der Waals surface area contributed by atoms with Crippen molar-refractivity contribution in [1.29, 1.82) is 0 Å². The molecule has 2 aromatic carbocycles. The van der Waals surface area contributed by atoms with Crippen LogP contribution >= 0.6 is 11.8 Å². The second kappa shape index (κ2) is 16.9. The number of fused-ring (bicyclic) bond motifs is 4. The number of benzene rings is 2. The monoisotopic (exact) mass is 880 g/mol. The van der Waals surface area contributed by atoms with Crippen LogP contribution in [-0.2, 0) is 83.8 Å². The molecular formula is C44H56N12O4S2. The van der Waals surface area contributed by atoms with E-state index in [0.29, 0.717) is 24.2 Å². The summed E-state index contributed by atoms with van der Waals surface area (Å²) in [5.74, 6) is 0.963. The van der Waals surface area contributed by atoms with E-state index in [2.05, 4.69) is 63.3 Å². The van der Waals surface area contributed by atoms with Gasteiger partial charge in [-0.05, 0) is 173 Å². The van der Waals surface area contributed by atoms with Crippen LogP contribution in [-0.4, -0.2) is 83.8 Å². The fourth-order valence-corrected chi connectivity index (χ4v) is 10.8. The van der Waals surface area contributed by atoms with Gasteiger partial charge in [-0.3, -0.25) is 9.36 Å². The van der Waals surface area contributed by atoms with Gasteiger partial charge in [0.05, 0.1) is 24.3 Å². The number of ether oxygens (including phenoxy) is 2. The topological polar surface area (TPSA) is 195 Å². The van der Waals surface area contributed by atoms with Crippen molar-refractivity contribution in [1.82, 2.24) is 49.9 Å². The van der Waals surface area contributed by atoms with E-state index < -0.39 is 15.4 Å². The summed E-state index contributed by atoms with van der Waals surface area (Å²) in [5.41, 5.74) is 13.0. The molecule has 0 saturated heterocycles. The van der Waals surface area contributed by atoms with Crippen LogP contribution in [0.25, 0.3) is 0 Å². The lowest BCUT2D eigenvalue weighted by Gasteiger charge is -2.22. The van der Waals surface area contributed by atoms with E-state index in [1.54, 1.807) is 25.1 Å². The van der Waals surface area contributed by atoms with Crippen LogP contribution in [0.15, 0.2) is 57.0 Å². The standard InChI is InChI=1S/C22H28N6O3S.C22H28N6OS/c1-22(2,31-3)13-28-11-10-18(27-28)32(29,30)21-24-20(25-26-21)23-19-16-8-4-6-14(16)12-15-7-5-9-17(15)19;1-22(2,29-3)13-28-11-10-18(27-28)30-21-24-20(25-26-21)23-19-16-8-4-6-14(16)12-15-7-5-9-17(15)19/h10-12H,4-9,13H2,1-3H3,(H2,23,24,25,26);10-12H,4-9,13H2,1-3H3,(H2,23,24,25,26). The van der Waals surface area contributed by atoms with E-state index in [-0.39, 0.29) is 21.7 Å². The highest BCUT2D eigenvalue weighted by Crippen LogP contribution is 2.41. The third-order valence-electron chi connectivity index (χ3n) is 12.5. The summed E-state index contributed by atoms with van der Waals surface area (Å²) < 4.78 is 40.4. The van der Waals surface area contributed by atoms with Crippen LogP contribution in [0.5, 0.6) is 0 Å². The van der Waals surface area contributed by atoms with Crippen LogP contribution in [0.4, 0.5) is 23.3 Å². The summed E-state index contributed by atoms with van der Waals surface area (Å²) >= 11 is 1.46. The molecule has 6 aromatic rings. The Morgan fingerprint density at radius 2 is 1.19 bits per heavy atom. The van der Waals surface area contributed by atoms with Crippen molar-refractivity contribution in [2.45, 2.75) is 149 Å². The molecule has 18 heteroatoms. The minimum Gasteiger partial charge on any atom is -0.377 e. The predicted molar refractivity (Wildman–Crippen MR) is 237 cm³/mol. The molecule has 0 bridgehead atoms. The number of sulfone groups is 1. The predicted octanol–water partition coefficient (Wildman–Crippen LogP) is 7.28. The molecule has 0 aliphatic heterocycles. The molecule has 4 aromatic heterocycles. The van der Waals surface area contributed by atoms with Crippen molar-refractivity contribution < 1.29 is 17.9 Å². The number of hydrogen-bond donors (Lipinski definition) is 4. The number of H-pyrrole nitrogens is 2. The van der Waals surface area contributed by atoms with Crippen LogP contribution in [0.2, 0.25) is 0 Å². The smallest absolute Gasteiger partial charge is 0.260 e. The van der Waals surface area contributed by atoms with Gasteiger partial charge in [-0.15, -0.1) is 10.2 Å². The molecule has 0 saturated carbocycles. The number of nitrogens with one attached hydrogen (secondary N) is 4. The van der Waals surface area contributed by atoms with Gasteiger partial charge in [-0.1, -0.05) is 12.1 Å². The van der Waals surface area contributed by atoms with Crippen molar-refractivity contribution in [3.05, 3.63) is 81.2 Å². The number of nitrogens with zero attached hydrogens (tertiary/aromatic N) is 8. The van der Waals surface area contributed by atoms with E-state index in [1.165, 1.54) is 93.7 Å². The van der Waals surface area contributed by atoms with Crippen LogP contribution in [0.3, 0.4) is 0 Å². The molecule has 4 aliphatic carbocycles. The molecule has 0 unspecified atom stereocenters. The van der Waals surface area contributed by atoms with Gasteiger partial charge in [-0.2, -0.15) is 20.2 Å².